The minimum absolute atomic E-state index is 1.13. The number of hydrogen-bond acceptors (Lipinski definition) is 3. The maximum atomic E-state index is 2.55. The Balaban J connectivity index is 1.29. The Labute approximate surface area is 178 Å². The van der Waals surface area contributed by atoms with E-state index in [1.165, 1.54) is 56.5 Å². The number of nitrogens with zero attached hydrogens (tertiary/aromatic N) is 2. The second-order valence-corrected chi connectivity index (χ2v) is 10.3. The Morgan fingerprint density at radius 2 is 1.76 bits per heavy atom. The molecule has 4 heteroatoms. The summed E-state index contributed by atoms with van der Waals surface area (Å²) in [6.07, 6.45) is 7.33. The molecule has 0 bridgehead atoms. The molecule has 0 atom stereocenters. The zero-order valence-electron chi connectivity index (χ0n) is 16.1. The molecule has 0 saturated carbocycles. The lowest BCUT2D eigenvalue weighted by atomic mass is 10.1. The summed E-state index contributed by atoms with van der Waals surface area (Å²) < 4.78 is 3.95. The number of allylic oxidation sites excluding steroid dienone is 4. The van der Waals surface area contributed by atoms with Crippen LogP contribution in [-0.4, -0.2) is 6.54 Å². The van der Waals surface area contributed by atoms with Crippen molar-refractivity contribution in [1.29, 1.82) is 0 Å². The first-order valence-electron chi connectivity index (χ1n) is 10.5. The topological polar surface area (TPSA) is 7.12 Å². The lowest BCUT2D eigenvalue weighted by molar-refractivity contribution is -0.659. The van der Waals surface area contributed by atoms with Crippen molar-refractivity contribution in [2.75, 3.05) is 11.4 Å². The van der Waals surface area contributed by atoms with Gasteiger partial charge in [-0.2, -0.15) is 4.57 Å². The van der Waals surface area contributed by atoms with Crippen LogP contribution in [0.15, 0.2) is 81.3 Å². The summed E-state index contributed by atoms with van der Waals surface area (Å²) in [7, 11) is 0. The number of aromatic nitrogens is 1. The molecule has 0 N–H and O–H groups in total. The molecule has 3 aliphatic heterocycles. The van der Waals surface area contributed by atoms with Crippen LogP contribution in [0.25, 0.3) is 15.8 Å². The van der Waals surface area contributed by atoms with Gasteiger partial charge in [0.05, 0.1) is 10.7 Å². The van der Waals surface area contributed by atoms with Crippen molar-refractivity contribution < 1.29 is 4.57 Å². The van der Waals surface area contributed by atoms with Crippen molar-refractivity contribution >= 4 is 44.6 Å². The number of para-hydroxylation sites is 2. The van der Waals surface area contributed by atoms with Crippen molar-refractivity contribution in [1.82, 2.24) is 0 Å². The van der Waals surface area contributed by atoms with Crippen LogP contribution < -0.4 is 9.47 Å². The highest BCUT2D eigenvalue weighted by atomic mass is 32.2. The van der Waals surface area contributed by atoms with E-state index in [-0.39, 0.29) is 0 Å². The van der Waals surface area contributed by atoms with Crippen LogP contribution in [0.5, 0.6) is 0 Å². The van der Waals surface area contributed by atoms with E-state index in [9.17, 15) is 0 Å². The number of anilines is 1. The van der Waals surface area contributed by atoms with E-state index in [2.05, 4.69) is 64.1 Å². The molecule has 3 aromatic rings. The van der Waals surface area contributed by atoms with Crippen LogP contribution >= 0.6 is 23.1 Å². The number of thiazole rings is 1. The van der Waals surface area contributed by atoms with E-state index >= 15 is 0 Å². The molecule has 29 heavy (non-hydrogen) atoms. The maximum absolute atomic E-state index is 2.55. The molecule has 0 unspecified atom stereocenters. The molecule has 4 heterocycles. The van der Waals surface area contributed by atoms with Gasteiger partial charge in [0.25, 0.3) is 5.01 Å². The third-order valence-corrected chi connectivity index (χ3v) is 9.14. The van der Waals surface area contributed by atoms with E-state index in [1.54, 1.807) is 22.3 Å². The highest BCUT2D eigenvalue weighted by molar-refractivity contribution is 8.03. The number of aryl methyl sites for hydroxylation is 1. The van der Waals surface area contributed by atoms with Crippen LogP contribution in [0.2, 0.25) is 0 Å². The highest BCUT2D eigenvalue weighted by Gasteiger charge is 2.36. The lowest BCUT2D eigenvalue weighted by Gasteiger charge is -2.13. The second-order valence-electron chi connectivity index (χ2n) is 8.21. The van der Waals surface area contributed by atoms with Crippen molar-refractivity contribution in [3.05, 3.63) is 81.4 Å². The monoisotopic (exact) mass is 413 g/mol. The van der Waals surface area contributed by atoms with Crippen LogP contribution in [-0.2, 0) is 6.54 Å². The number of hydrogen-bond donors (Lipinski definition) is 0. The summed E-state index contributed by atoms with van der Waals surface area (Å²) in [6.45, 7) is 2.27. The predicted octanol–water partition coefficient (Wildman–Crippen LogP) is 6.29. The predicted molar refractivity (Wildman–Crippen MR) is 122 cm³/mol. The standard InChI is InChI=1S/C25H21N2S2/c1-3-7-22-20(5-1)26-13-11-18(24(26)28-22)16-9-10-17(15-16)19-12-14-27-21-6-2-4-8-23(21)29-25(19)27/h1-8,15H,9-14H2/q+1. The summed E-state index contributed by atoms with van der Waals surface area (Å²) in [6, 6.07) is 17.7. The van der Waals surface area contributed by atoms with Gasteiger partial charge < -0.3 is 4.90 Å². The van der Waals surface area contributed by atoms with E-state index in [1.807, 2.05) is 23.1 Å². The number of benzene rings is 2. The zero-order valence-corrected chi connectivity index (χ0v) is 17.8. The fourth-order valence-corrected chi connectivity index (χ4v) is 7.91. The first kappa shape index (κ1) is 16.5. The van der Waals surface area contributed by atoms with Gasteiger partial charge in [-0.3, -0.25) is 0 Å². The summed E-state index contributed by atoms with van der Waals surface area (Å²) in [5, 5.41) is 2.99. The van der Waals surface area contributed by atoms with Crippen molar-refractivity contribution in [3.63, 3.8) is 0 Å². The molecule has 4 aliphatic rings. The maximum Gasteiger partial charge on any atom is 0.266 e. The average molecular weight is 414 g/mol. The molecule has 142 valence electrons. The van der Waals surface area contributed by atoms with Crippen LogP contribution in [0.1, 0.15) is 30.7 Å². The fourth-order valence-electron chi connectivity index (χ4n) is 5.32. The van der Waals surface area contributed by atoms with Gasteiger partial charge in [-0.15, -0.1) is 0 Å². The summed E-state index contributed by atoms with van der Waals surface area (Å²) in [4.78, 5) is 3.95. The second kappa shape index (κ2) is 6.10. The van der Waals surface area contributed by atoms with Gasteiger partial charge in [0.2, 0.25) is 5.52 Å². The molecule has 2 nitrogen and oxygen atoms in total. The molecular weight excluding hydrogens is 392 g/mol. The third kappa shape index (κ3) is 2.33. The van der Waals surface area contributed by atoms with E-state index in [0.717, 1.165) is 13.1 Å². The Morgan fingerprint density at radius 1 is 0.862 bits per heavy atom. The molecule has 0 fully saturated rings. The van der Waals surface area contributed by atoms with Gasteiger partial charge in [0.1, 0.15) is 4.70 Å². The number of thioether (sulfide) groups is 1. The SMILES string of the molecule is C1=C(C2=C3Sc4ccccc4N3CC2)CCC1=C1CC[n+]2c1sc1ccccc12. The van der Waals surface area contributed by atoms with Gasteiger partial charge in [-0.05, 0) is 54.2 Å². The van der Waals surface area contributed by atoms with Gasteiger partial charge in [-0.25, -0.2) is 0 Å². The van der Waals surface area contributed by atoms with Crippen molar-refractivity contribution in [3.8, 4) is 0 Å². The Morgan fingerprint density at radius 3 is 2.76 bits per heavy atom. The molecular formula is C25H21N2S2+. The van der Waals surface area contributed by atoms with Gasteiger partial charge >= 0.3 is 0 Å². The first-order chi connectivity index (χ1) is 14.4. The first-order valence-corrected chi connectivity index (χ1v) is 12.1. The Kier molecular flexibility index (Phi) is 3.47. The van der Waals surface area contributed by atoms with E-state index < -0.39 is 0 Å². The summed E-state index contributed by atoms with van der Waals surface area (Å²) in [5.41, 5.74) is 9.19. The van der Waals surface area contributed by atoms with Crippen molar-refractivity contribution in [2.24, 2.45) is 0 Å². The van der Waals surface area contributed by atoms with Crippen LogP contribution in [0.4, 0.5) is 5.69 Å². The molecule has 2 aromatic carbocycles. The van der Waals surface area contributed by atoms with Gasteiger partial charge in [0, 0.05) is 29.5 Å². The summed E-state index contributed by atoms with van der Waals surface area (Å²) in [5.74, 6) is 0. The Hall–Kier alpha value is -2.30. The van der Waals surface area contributed by atoms with E-state index in [4.69, 9.17) is 0 Å². The normalized spacial score (nSPS) is 22.5. The van der Waals surface area contributed by atoms with Crippen molar-refractivity contribution in [2.45, 2.75) is 37.1 Å². The third-order valence-electron chi connectivity index (χ3n) is 6.69. The minimum Gasteiger partial charge on any atom is -0.334 e. The quantitative estimate of drug-likeness (QED) is 0.433. The molecule has 0 amide bonds. The van der Waals surface area contributed by atoms with Crippen LogP contribution in [0, 0.1) is 0 Å². The lowest BCUT2D eigenvalue weighted by Crippen LogP contribution is -2.30. The highest BCUT2D eigenvalue weighted by Crippen LogP contribution is 2.53. The largest absolute Gasteiger partial charge is 0.334 e. The molecule has 0 saturated heterocycles. The molecule has 1 aliphatic carbocycles. The van der Waals surface area contributed by atoms with Gasteiger partial charge in [-0.1, -0.05) is 53.4 Å². The summed E-state index contributed by atoms with van der Waals surface area (Å²) >= 11 is 3.95. The molecule has 1 aromatic heterocycles. The smallest absolute Gasteiger partial charge is 0.266 e. The van der Waals surface area contributed by atoms with E-state index in [0.29, 0.717) is 0 Å². The van der Waals surface area contributed by atoms with Crippen LogP contribution in [0.3, 0.4) is 0 Å². The molecule has 0 spiro atoms. The number of rotatable bonds is 1. The van der Waals surface area contributed by atoms with Gasteiger partial charge in [0.15, 0.2) is 6.54 Å². The average Bonchev–Trinajstić information content (AvgIpc) is 3.52. The Bertz CT molecular complexity index is 1290. The fraction of sp³-hybridized carbons (Fsp3) is 0.240. The minimum atomic E-state index is 1.13. The molecule has 7 rings (SSSR count). The molecule has 0 radical (unpaired) electrons. The number of fused-ring (bicyclic) bond motifs is 6. The zero-order chi connectivity index (χ0) is 18.9.